The van der Waals surface area contributed by atoms with E-state index in [0.717, 1.165) is 53.0 Å². The van der Waals surface area contributed by atoms with Crippen molar-refractivity contribution < 1.29 is 4.79 Å². The van der Waals surface area contributed by atoms with E-state index in [4.69, 9.17) is 0 Å². The number of urea groups is 1. The van der Waals surface area contributed by atoms with Crippen LogP contribution in [0, 0.1) is 25.2 Å². The van der Waals surface area contributed by atoms with Crippen LogP contribution in [0.2, 0.25) is 0 Å². The largest absolute Gasteiger partial charge is 0.326 e. The monoisotopic (exact) mass is 452 g/mol. The number of hydrogen-bond donors (Lipinski definition) is 1. The Kier molecular flexibility index (Phi) is 7.61. The highest BCUT2D eigenvalue weighted by Crippen LogP contribution is 2.25. The second-order valence-corrected chi connectivity index (χ2v) is 9.10. The minimum absolute atomic E-state index is 0.117. The van der Waals surface area contributed by atoms with Crippen LogP contribution in [0.25, 0.3) is 11.1 Å². The first-order chi connectivity index (χ1) is 16.5. The summed E-state index contributed by atoms with van der Waals surface area (Å²) in [6.07, 6.45) is 3.32. The number of nitrogens with zero attached hydrogens (tertiary/aromatic N) is 3. The Balaban J connectivity index is 1.51. The zero-order valence-corrected chi connectivity index (χ0v) is 20.1. The van der Waals surface area contributed by atoms with E-state index in [9.17, 15) is 10.1 Å². The number of nitrogens with one attached hydrogen (secondary N) is 1. The van der Waals surface area contributed by atoms with Crippen LogP contribution in [-0.4, -0.2) is 37.1 Å². The molecule has 0 radical (unpaired) electrons. The Hall–Kier alpha value is -3.62. The van der Waals surface area contributed by atoms with Crippen molar-refractivity contribution in [3.05, 3.63) is 83.4 Å². The standard InChI is InChI=1S/C29H32N4O/c1-22-17-23(2)19-27(18-22)31-29(34)33(16-4-3-13-32-14-6-15-32)28-11-9-25(10-12-28)26-8-5-7-24(20-26)21-30/h5,7-12,17-20H,3-4,6,13-16H2,1-2H3,(H,31,34). The molecule has 0 atom stereocenters. The molecule has 1 N–H and O–H groups in total. The van der Waals surface area contributed by atoms with Crippen molar-refractivity contribution in [2.75, 3.05) is 36.4 Å². The van der Waals surface area contributed by atoms with Crippen LogP contribution in [0.5, 0.6) is 0 Å². The number of anilines is 2. The number of benzene rings is 3. The Morgan fingerprint density at radius 3 is 2.35 bits per heavy atom. The first kappa shape index (κ1) is 23.5. The van der Waals surface area contributed by atoms with Crippen molar-refractivity contribution in [2.24, 2.45) is 0 Å². The van der Waals surface area contributed by atoms with E-state index in [2.05, 4.69) is 22.4 Å². The van der Waals surface area contributed by atoms with Crippen molar-refractivity contribution in [1.29, 1.82) is 5.26 Å². The Morgan fingerprint density at radius 1 is 0.971 bits per heavy atom. The molecule has 1 aliphatic rings. The lowest BCUT2D eigenvalue weighted by atomic mass is 10.0. The molecule has 1 aliphatic heterocycles. The number of rotatable bonds is 8. The van der Waals surface area contributed by atoms with Crippen LogP contribution in [0.3, 0.4) is 0 Å². The molecule has 1 fully saturated rings. The molecule has 1 saturated heterocycles. The van der Waals surface area contributed by atoms with Crippen LogP contribution in [0.4, 0.5) is 16.2 Å². The maximum atomic E-state index is 13.3. The molecule has 3 aromatic rings. The molecule has 0 saturated carbocycles. The molecule has 5 heteroatoms. The molecule has 0 unspecified atom stereocenters. The average molecular weight is 453 g/mol. The SMILES string of the molecule is Cc1cc(C)cc(NC(=O)N(CCCCN2CCC2)c2ccc(-c3cccc(C#N)c3)cc2)c1. The first-order valence-corrected chi connectivity index (χ1v) is 12.0. The van der Waals surface area contributed by atoms with E-state index in [-0.39, 0.29) is 6.03 Å². The predicted octanol–water partition coefficient (Wildman–Crippen LogP) is 6.37. The molecule has 5 nitrogen and oxygen atoms in total. The third-order valence-electron chi connectivity index (χ3n) is 6.28. The Labute approximate surface area is 202 Å². The normalized spacial score (nSPS) is 13.1. The third-order valence-corrected chi connectivity index (χ3v) is 6.28. The number of amides is 2. The van der Waals surface area contributed by atoms with Crippen LogP contribution in [0.1, 0.15) is 36.0 Å². The number of carbonyl (C=O) groups excluding carboxylic acids is 1. The third kappa shape index (κ3) is 6.03. The molecule has 0 aromatic heterocycles. The minimum Gasteiger partial charge on any atom is -0.308 e. The molecule has 0 spiro atoms. The lowest BCUT2D eigenvalue weighted by molar-refractivity contribution is 0.178. The molecular weight excluding hydrogens is 420 g/mol. The van der Waals surface area contributed by atoms with E-state index >= 15 is 0 Å². The lowest BCUT2D eigenvalue weighted by Crippen LogP contribution is -2.39. The maximum Gasteiger partial charge on any atom is 0.326 e. The van der Waals surface area contributed by atoms with Crippen LogP contribution < -0.4 is 10.2 Å². The second kappa shape index (κ2) is 11.0. The number of carbonyl (C=O) groups is 1. The number of nitriles is 1. The van der Waals surface area contributed by atoms with Crippen LogP contribution in [0.15, 0.2) is 66.7 Å². The average Bonchev–Trinajstić information content (AvgIpc) is 2.79. The van der Waals surface area contributed by atoms with Crippen molar-refractivity contribution in [1.82, 2.24) is 4.90 Å². The summed E-state index contributed by atoms with van der Waals surface area (Å²) in [6, 6.07) is 23.8. The van der Waals surface area contributed by atoms with Crippen molar-refractivity contribution in [2.45, 2.75) is 33.1 Å². The maximum absolute atomic E-state index is 13.3. The molecule has 4 rings (SSSR count). The summed E-state index contributed by atoms with van der Waals surface area (Å²) in [6.45, 7) is 8.23. The fraction of sp³-hybridized carbons (Fsp3) is 0.310. The molecule has 174 valence electrons. The Morgan fingerprint density at radius 2 is 1.71 bits per heavy atom. The van der Waals surface area contributed by atoms with E-state index < -0.39 is 0 Å². The van der Waals surface area contributed by atoms with Gasteiger partial charge < -0.3 is 10.2 Å². The van der Waals surface area contributed by atoms with Crippen LogP contribution >= 0.6 is 0 Å². The zero-order chi connectivity index (χ0) is 23.9. The van der Waals surface area contributed by atoms with Gasteiger partial charge in [0.1, 0.15) is 0 Å². The van der Waals surface area contributed by atoms with Gasteiger partial charge in [0.15, 0.2) is 0 Å². The van der Waals surface area contributed by atoms with Gasteiger partial charge in [0.25, 0.3) is 0 Å². The molecule has 2 amide bonds. The summed E-state index contributed by atoms with van der Waals surface area (Å²) in [4.78, 5) is 17.6. The number of hydrogen-bond acceptors (Lipinski definition) is 3. The van der Waals surface area contributed by atoms with Gasteiger partial charge in [-0.1, -0.05) is 30.3 Å². The summed E-state index contributed by atoms with van der Waals surface area (Å²) in [5.41, 5.74) is 6.59. The molecule has 34 heavy (non-hydrogen) atoms. The van der Waals surface area contributed by atoms with Crippen molar-refractivity contribution in [3.8, 4) is 17.2 Å². The van der Waals surface area contributed by atoms with Gasteiger partial charge in [-0.15, -0.1) is 0 Å². The topological polar surface area (TPSA) is 59.4 Å². The van der Waals surface area contributed by atoms with Crippen molar-refractivity contribution in [3.63, 3.8) is 0 Å². The first-order valence-electron chi connectivity index (χ1n) is 12.0. The minimum atomic E-state index is -0.117. The lowest BCUT2D eigenvalue weighted by Gasteiger charge is -2.31. The highest BCUT2D eigenvalue weighted by Gasteiger charge is 2.18. The summed E-state index contributed by atoms with van der Waals surface area (Å²) in [7, 11) is 0. The molecule has 0 bridgehead atoms. The fourth-order valence-corrected chi connectivity index (χ4v) is 4.40. The summed E-state index contributed by atoms with van der Waals surface area (Å²) in [5.74, 6) is 0. The summed E-state index contributed by atoms with van der Waals surface area (Å²) in [5, 5.41) is 12.3. The predicted molar refractivity (Wildman–Crippen MR) is 139 cm³/mol. The Bertz CT molecular complexity index is 1160. The van der Waals surface area contributed by atoms with Gasteiger partial charge >= 0.3 is 6.03 Å². The molecular formula is C29H32N4O. The number of likely N-dealkylation sites (tertiary alicyclic amines) is 1. The summed E-state index contributed by atoms with van der Waals surface area (Å²) >= 11 is 0. The zero-order valence-electron chi connectivity index (χ0n) is 20.1. The smallest absolute Gasteiger partial charge is 0.308 e. The van der Waals surface area contributed by atoms with Gasteiger partial charge in [-0.2, -0.15) is 5.26 Å². The number of aryl methyl sites for hydroxylation is 2. The van der Waals surface area contributed by atoms with Gasteiger partial charge in [0.05, 0.1) is 11.6 Å². The van der Waals surface area contributed by atoms with E-state index in [1.807, 2.05) is 73.3 Å². The van der Waals surface area contributed by atoms with Gasteiger partial charge in [-0.3, -0.25) is 4.90 Å². The molecule has 3 aromatic carbocycles. The van der Waals surface area contributed by atoms with Gasteiger partial charge in [0, 0.05) is 17.9 Å². The van der Waals surface area contributed by atoms with Crippen molar-refractivity contribution >= 4 is 17.4 Å². The fourth-order valence-electron chi connectivity index (χ4n) is 4.40. The van der Waals surface area contributed by atoms with Gasteiger partial charge in [0.2, 0.25) is 0 Å². The summed E-state index contributed by atoms with van der Waals surface area (Å²) < 4.78 is 0. The van der Waals surface area contributed by atoms with Gasteiger partial charge in [-0.25, -0.2) is 4.79 Å². The van der Waals surface area contributed by atoms with E-state index in [1.165, 1.54) is 19.5 Å². The number of unbranched alkanes of at least 4 members (excludes halogenated alkanes) is 1. The molecule has 1 heterocycles. The highest BCUT2D eigenvalue weighted by molar-refractivity contribution is 6.02. The van der Waals surface area contributed by atoms with Gasteiger partial charge in [-0.05, 0) is 111 Å². The van der Waals surface area contributed by atoms with E-state index in [0.29, 0.717) is 12.1 Å². The quantitative estimate of drug-likeness (QED) is 0.404. The van der Waals surface area contributed by atoms with E-state index in [1.54, 1.807) is 6.07 Å². The second-order valence-electron chi connectivity index (χ2n) is 9.10. The molecule has 0 aliphatic carbocycles. The van der Waals surface area contributed by atoms with Crippen LogP contribution in [-0.2, 0) is 0 Å². The highest BCUT2D eigenvalue weighted by atomic mass is 16.2.